The summed E-state index contributed by atoms with van der Waals surface area (Å²) in [5.41, 5.74) is 0.549. The lowest BCUT2D eigenvalue weighted by Crippen LogP contribution is -1.90. The van der Waals surface area contributed by atoms with Crippen molar-refractivity contribution in [3.8, 4) is 17.6 Å². The largest absolute Gasteiger partial charge is 0.477 e. The molecule has 0 aliphatic heterocycles. The van der Waals surface area contributed by atoms with Crippen molar-refractivity contribution in [2.75, 3.05) is 0 Å². The highest BCUT2D eigenvalue weighted by Gasteiger charge is 2.17. The van der Waals surface area contributed by atoms with Crippen molar-refractivity contribution in [1.29, 1.82) is 5.26 Å². The lowest BCUT2D eigenvalue weighted by Gasteiger charge is -2.00. The number of carbonyl (C=O) groups is 1. The summed E-state index contributed by atoms with van der Waals surface area (Å²) in [6.07, 6.45) is 0. The Bertz CT molecular complexity index is 840. The molecular formula is C14H7NO4S. The first-order valence-corrected chi connectivity index (χ1v) is 6.48. The van der Waals surface area contributed by atoms with Crippen LogP contribution in [0, 0.1) is 11.3 Å². The Balaban J connectivity index is 2.05. The third kappa shape index (κ3) is 2.00. The van der Waals surface area contributed by atoms with E-state index in [4.69, 9.17) is 19.5 Å². The number of nitriles is 1. The molecule has 0 saturated heterocycles. The first-order chi connectivity index (χ1) is 9.69. The molecule has 0 spiro atoms. The Kier molecular flexibility index (Phi) is 2.89. The van der Waals surface area contributed by atoms with Gasteiger partial charge in [0.15, 0.2) is 5.75 Å². The third-order valence-corrected chi connectivity index (χ3v) is 3.55. The first kappa shape index (κ1) is 12.3. The van der Waals surface area contributed by atoms with Crippen LogP contribution in [0.15, 0.2) is 40.1 Å². The highest BCUT2D eigenvalue weighted by Crippen LogP contribution is 2.37. The van der Waals surface area contributed by atoms with Crippen molar-refractivity contribution in [3.05, 3.63) is 46.3 Å². The summed E-state index contributed by atoms with van der Waals surface area (Å²) in [5.74, 6) is -0.273. The molecule has 0 aliphatic rings. The number of nitrogens with zero attached hydrogens (tertiary/aromatic N) is 1. The predicted octanol–water partition coefficient (Wildman–Crippen LogP) is 3.86. The van der Waals surface area contributed by atoms with Gasteiger partial charge in [0.1, 0.15) is 22.3 Å². The number of para-hydroxylation sites is 1. The third-order valence-electron chi connectivity index (χ3n) is 2.66. The van der Waals surface area contributed by atoms with Gasteiger partial charge in [0.05, 0.1) is 5.39 Å². The molecule has 20 heavy (non-hydrogen) atoms. The van der Waals surface area contributed by atoms with Crippen LogP contribution >= 0.6 is 11.3 Å². The van der Waals surface area contributed by atoms with Crippen LogP contribution in [0.2, 0.25) is 0 Å². The highest BCUT2D eigenvalue weighted by molar-refractivity contribution is 7.12. The minimum atomic E-state index is -1.01. The summed E-state index contributed by atoms with van der Waals surface area (Å²) in [6.45, 7) is 0. The molecule has 1 aromatic carbocycles. The van der Waals surface area contributed by atoms with Crippen LogP contribution in [-0.4, -0.2) is 11.1 Å². The van der Waals surface area contributed by atoms with Crippen molar-refractivity contribution < 1.29 is 19.1 Å². The van der Waals surface area contributed by atoms with E-state index in [2.05, 4.69) is 0 Å². The normalized spacial score (nSPS) is 10.3. The van der Waals surface area contributed by atoms with Crippen molar-refractivity contribution in [1.82, 2.24) is 0 Å². The maximum absolute atomic E-state index is 10.8. The summed E-state index contributed by atoms with van der Waals surface area (Å²) in [7, 11) is 0. The second-order valence-corrected chi connectivity index (χ2v) is 4.83. The molecule has 0 bridgehead atoms. The average molecular weight is 285 g/mol. The molecule has 3 aromatic rings. The van der Waals surface area contributed by atoms with Gasteiger partial charge in [-0.25, -0.2) is 4.79 Å². The highest BCUT2D eigenvalue weighted by atomic mass is 32.1. The minimum Gasteiger partial charge on any atom is -0.477 e. The number of carboxylic acids is 1. The van der Waals surface area contributed by atoms with Gasteiger partial charge in [-0.15, -0.1) is 11.3 Å². The van der Waals surface area contributed by atoms with E-state index in [1.165, 1.54) is 6.07 Å². The molecule has 3 rings (SSSR count). The quantitative estimate of drug-likeness (QED) is 0.790. The Hall–Kier alpha value is -2.78. The summed E-state index contributed by atoms with van der Waals surface area (Å²) in [4.78, 5) is 11.0. The number of fused-ring (bicyclic) bond motifs is 1. The standard InChI is InChI=1S/C14H7NO4S/c15-6-11-13(9-3-1-2-4-10(9)19-11)18-8-5-12(14(16)17)20-7-8/h1-5,7H,(H,16,17). The first-order valence-electron chi connectivity index (χ1n) is 5.60. The van der Waals surface area contributed by atoms with Gasteiger partial charge in [0.2, 0.25) is 5.76 Å². The Morgan fingerprint density at radius 3 is 2.90 bits per heavy atom. The van der Waals surface area contributed by atoms with Gasteiger partial charge < -0.3 is 14.3 Å². The number of carboxylic acid groups (broad SMARTS) is 1. The number of benzene rings is 1. The molecule has 0 fully saturated rings. The molecule has 6 heteroatoms. The fraction of sp³-hybridized carbons (Fsp3) is 0. The molecule has 2 aromatic heterocycles. The van der Waals surface area contributed by atoms with E-state index in [0.717, 1.165) is 11.3 Å². The van der Waals surface area contributed by atoms with E-state index in [1.807, 2.05) is 12.1 Å². The molecule has 2 heterocycles. The fourth-order valence-electron chi connectivity index (χ4n) is 1.80. The van der Waals surface area contributed by atoms with Crippen molar-refractivity contribution in [2.45, 2.75) is 0 Å². The molecule has 0 atom stereocenters. The van der Waals surface area contributed by atoms with E-state index in [0.29, 0.717) is 22.5 Å². The van der Waals surface area contributed by atoms with E-state index >= 15 is 0 Å². The molecular weight excluding hydrogens is 278 g/mol. The van der Waals surface area contributed by atoms with Crippen LogP contribution in [0.25, 0.3) is 11.0 Å². The lowest BCUT2D eigenvalue weighted by atomic mass is 10.2. The molecule has 5 nitrogen and oxygen atoms in total. The van der Waals surface area contributed by atoms with Gasteiger partial charge in [-0.2, -0.15) is 5.26 Å². The number of thiophene rings is 1. The number of hydrogen-bond donors (Lipinski definition) is 1. The Morgan fingerprint density at radius 1 is 1.40 bits per heavy atom. The zero-order chi connectivity index (χ0) is 14.1. The number of ether oxygens (including phenoxy) is 1. The zero-order valence-corrected chi connectivity index (χ0v) is 10.8. The molecule has 1 N–H and O–H groups in total. The van der Waals surface area contributed by atoms with Crippen LogP contribution in [-0.2, 0) is 0 Å². The van der Waals surface area contributed by atoms with Crippen LogP contribution in [0.3, 0.4) is 0 Å². The molecule has 0 unspecified atom stereocenters. The monoisotopic (exact) mass is 285 g/mol. The molecule has 0 saturated carbocycles. The molecule has 0 radical (unpaired) electrons. The van der Waals surface area contributed by atoms with E-state index in [1.54, 1.807) is 23.6 Å². The van der Waals surface area contributed by atoms with Crippen LogP contribution in [0.5, 0.6) is 11.5 Å². The second-order valence-electron chi connectivity index (χ2n) is 3.92. The summed E-state index contributed by atoms with van der Waals surface area (Å²) in [6, 6.07) is 10.5. The van der Waals surface area contributed by atoms with E-state index < -0.39 is 5.97 Å². The average Bonchev–Trinajstić information content (AvgIpc) is 3.04. The van der Waals surface area contributed by atoms with Crippen LogP contribution < -0.4 is 4.74 Å². The topological polar surface area (TPSA) is 83.5 Å². The summed E-state index contributed by atoms with van der Waals surface area (Å²) >= 11 is 1.06. The maximum Gasteiger partial charge on any atom is 0.346 e. The molecule has 0 amide bonds. The van der Waals surface area contributed by atoms with E-state index in [9.17, 15) is 4.79 Å². The Morgan fingerprint density at radius 2 is 2.20 bits per heavy atom. The lowest BCUT2D eigenvalue weighted by molar-refractivity contribution is 0.0702. The van der Waals surface area contributed by atoms with Gasteiger partial charge in [0, 0.05) is 11.4 Å². The van der Waals surface area contributed by atoms with Gasteiger partial charge in [0.25, 0.3) is 0 Å². The zero-order valence-electron chi connectivity index (χ0n) is 9.99. The van der Waals surface area contributed by atoms with Crippen molar-refractivity contribution in [2.24, 2.45) is 0 Å². The Labute approximate surface area is 117 Å². The maximum atomic E-state index is 10.8. The van der Waals surface area contributed by atoms with Gasteiger partial charge >= 0.3 is 5.97 Å². The smallest absolute Gasteiger partial charge is 0.346 e. The van der Waals surface area contributed by atoms with Gasteiger partial charge in [-0.1, -0.05) is 12.1 Å². The SMILES string of the molecule is N#Cc1oc2ccccc2c1Oc1csc(C(=O)O)c1. The molecule has 98 valence electrons. The van der Waals surface area contributed by atoms with Gasteiger partial charge in [-0.3, -0.25) is 0 Å². The van der Waals surface area contributed by atoms with Crippen molar-refractivity contribution >= 4 is 28.3 Å². The summed E-state index contributed by atoms with van der Waals surface area (Å²) < 4.78 is 11.0. The van der Waals surface area contributed by atoms with E-state index in [-0.39, 0.29) is 10.6 Å². The van der Waals surface area contributed by atoms with Crippen LogP contribution in [0.1, 0.15) is 15.4 Å². The number of rotatable bonds is 3. The second kappa shape index (κ2) is 4.72. The fourth-order valence-corrected chi connectivity index (χ4v) is 2.44. The molecule has 0 aliphatic carbocycles. The van der Waals surface area contributed by atoms with Crippen LogP contribution in [0.4, 0.5) is 0 Å². The number of furan rings is 1. The minimum absolute atomic E-state index is 0.0641. The summed E-state index contributed by atoms with van der Waals surface area (Å²) in [5, 5.41) is 20.2. The number of aromatic carboxylic acids is 1. The van der Waals surface area contributed by atoms with Crippen molar-refractivity contribution in [3.63, 3.8) is 0 Å². The number of hydrogen-bond acceptors (Lipinski definition) is 5. The van der Waals surface area contributed by atoms with Gasteiger partial charge in [-0.05, 0) is 12.1 Å². The predicted molar refractivity (Wildman–Crippen MR) is 72.3 cm³/mol.